The predicted octanol–water partition coefficient (Wildman–Crippen LogP) is 4.43. The number of carbonyl (C=O) groups is 1. The SMILES string of the molecule is O=C(Nc1ccc(F)c(Br)c1)c1ccc(Cl)c(S(=O)(=O)C2CCCC2CO)c1. The van der Waals surface area contributed by atoms with E-state index in [1.165, 1.54) is 36.4 Å². The van der Waals surface area contributed by atoms with Gasteiger partial charge >= 0.3 is 0 Å². The zero-order valence-corrected chi connectivity index (χ0v) is 17.8. The highest BCUT2D eigenvalue weighted by Gasteiger charge is 2.39. The first-order valence-electron chi connectivity index (χ1n) is 8.64. The Kier molecular flexibility index (Phi) is 6.44. The van der Waals surface area contributed by atoms with Crippen LogP contribution < -0.4 is 5.32 Å². The lowest BCUT2D eigenvalue weighted by Crippen LogP contribution is -2.28. The fourth-order valence-corrected chi connectivity index (χ4v) is 6.41. The molecule has 0 aliphatic heterocycles. The average Bonchev–Trinajstić information content (AvgIpc) is 3.14. The van der Waals surface area contributed by atoms with E-state index in [1.54, 1.807) is 0 Å². The summed E-state index contributed by atoms with van der Waals surface area (Å²) in [5.74, 6) is -1.35. The highest BCUT2D eigenvalue weighted by Crippen LogP contribution is 2.37. The van der Waals surface area contributed by atoms with E-state index >= 15 is 0 Å². The monoisotopic (exact) mass is 489 g/mol. The number of anilines is 1. The predicted molar refractivity (Wildman–Crippen MR) is 109 cm³/mol. The lowest BCUT2D eigenvalue weighted by Gasteiger charge is -2.19. The second kappa shape index (κ2) is 8.49. The molecule has 0 spiro atoms. The molecule has 1 saturated carbocycles. The van der Waals surface area contributed by atoms with Gasteiger partial charge in [-0.1, -0.05) is 18.0 Å². The molecule has 150 valence electrons. The Morgan fingerprint density at radius 3 is 2.68 bits per heavy atom. The van der Waals surface area contributed by atoms with Gasteiger partial charge in [0, 0.05) is 17.9 Å². The minimum atomic E-state index is -3.80. The molecule has 1 amide bonds. The number of aliphatic hydroxyl groups is 1. The maximum Gasteiger partial charge on any atom is 0.255 e. The lowest BCUT2D eigenvalue weighted by molar-refractivity contribution is 0.102. The fourth-order valence-electron chi connectivity index (χ4n) is 3.42. The van der Waals surface area contributed by atoms with Crippen molar-refractivity contribution in [2.75, 3.05) is 11.9 Å². The minimum absolute atomic E-state index is 0.0321. The Morgan fingerprint density at radius 1 is 1.25 bits per heavy atom. The lowest BCUT2D eigenvalue weighted by atomic mass is 10.1. The van der Waals surface area contributed by atoms with Crippen LogP contribution in [0.2, 0.25) is 5.02 Å². The third-order valence-electron chi connectivity index (χ3n) is 4.90. The van der Waals surface area contributed by atoms with Crippen LogP contribution in [0.5, 0.6) is 0 Å². The van der Waals surface area contributed by atoms with Gasteiger partial charge in [0.2, 0.25) is 0 Å². The van der Waals surface area contributed by atoms with Gasteiger partial charge in [-0.25, -0.2) is 12.8 Å². The summed E-state index contributed by atoms with van der Waals surface area (Å²) in [6.07, 6.45) is 1.80. The number of halogens is 3. The maximum absolute atomic E-state index is 13.3. The van der Waals surface area contributed by atoms with E-state index < -0.39 is 26.8 Å². The number of nitrogens with one attached hydrogen (secondary N) is 1. The van der Waals surface area contributed by atoms with E-state index in [0.29, 0.717) is 24.9 Å². The van der Waals surface area contributed by atoms with Crippen molar-refractivity contribution in [3.63, 3.8) is 0 Å². The van der Waals surface area contributed by atoms with Crippen LogP contribution in [0.1, 0.15) is 29.6 Å². The van der Waals surface area contributed by atoms with Crippen molar-refractivity contribution in [1.82, 2.24) is 0 Å². The zero-order valence-electron chi connectivity index (χ0n) is 14.7. The number of amides is 1. The molecule has 2 unspecified atom stereocenters. The second-order valence-corrected chi connectivity index (χ2v) is 10.1. The average molecular weight is 491 g/mol. The van der Waals surface area contributed by atoms with Gasteiger partial charge in [-0.05, 0) is 71.1 Å². The number of aliphatic hydroxyl groups excluding tert-OH is 1. The van der Waals surface area contributed by atoms with Crippen LogP contribution in [0.3, 0.4) is 0 Å². The molecule has 1 aliphatic carbocycles. The summed E-state index contributed by atoms with van der Waals surface area (Å²) in [7, 11) is -3.80. The summed E-state index contributed by atoms with van der Waals surface area (Å²) in [6.45, 7) is -0.207. The number of hydrogen-bond donors (Lipinski definition) is 2. The normalized spacial score (nSPS) is 19.6. The number of carbonyl (C=O) groups excluding carboxylic acids is 1. The van der Waals surface area contributed by atoms with Crippen molar-refractivity contribution in [1.29, 1.82) is 0 Å². The van der Waals surface area contributed by atoms with Gasteiger partial charge in [0.05, 0.1) is 19.6 Å². The number of rotatable bonds is 5. The quantitative estimate of drug-likeness (QED) is 0.649. The Hall–Kier alpha value is -1.48. The molecule has 0 bridgehead atoms. The van der Waals surface area contributed by atoms with Gasteiger partial charge in [-0.15, -0.1) is 0 Å². The van der Waals surface area contributed by atoms with Gasteiger partial charge < -0.3 is 10.4 Å². The van der Waals surface area contributed by atoms with Crippen LogP contribution in [0, 0.1) is 11.7 Å². The molecule has 2 aromatic carbocycles. The molecule has 5 nitrogen and oxygen atoms in total. The van der Waals surface area contributed by atoms with Gasteiger partial charge in [0.15, 0.2) is 9.84 Å². The molecule has 0 saturated heterocycles. The molecule has 0 heterocycles. The highest BCUT2D eigenvalue weighted by molar-refractivity contribution is 9.10. The summed E-state index contributed by atoms with van der Waals surface area (Å²) >= 11 is 9.18. The molecule has 0 aromatic heterocycles. The van der Waals surface area contributed by atoms with Crippen molar-refractivity contribution in [3.8, 4) is 0 Å². The van der Waals surface area contributed by atoms with Crippen LogP contribution in [0.25, 0.3) is 0 Å². The molecule has 1 aliphatic rings. The summed E-state index contributed by atoms with van der Waals surface area (Å²) in [5, 5.41) is 11.4. The zero-order chi connectivity index (χ0) is 20.5. The Labute approximate surface area is 176 Å². The molecule has 0 radical (unpaired) electrons. The first kappa shape index (κ1) is 21.2. The molecule has 2 aromatic rings. The summed E-state index contributed by atoms with van der Waals surface area (Å²) in [4.78, 5) is 12.4. The van der Waals surface area contributed by atoms with Gasteiger partial charge in [-0.3, -0.25) is 4.79 Å². The number of hydrogen-bond acceptors (Lipinski definition) is 4. The maximum atomic E-state index is 13.3. The van der Waals surface area contributed by atoms with E-state index in [2.05, 4.69) is 21.2 Å². The van der Waals surface area contributed by atoms with Crippen LogP contribution >= 0.6 is 27.5 Å². The molecule has 28 heavy (non-hydrogen) atoms. The molecule has 2 N–H and O–H groups in total. The molecule has 2 atom stereocenters. The smallest absolute Gasteiger partial charge is 0.255 e. The summed E-state index contributed by atoms with van der Waals surface area (Å²) < 4.78 is 39.7. The van der Waals surface area contributed by atoms with Crippen LogP contribution in [-0.4, -0.2) is 31.3 Å². The summed E-state index contributed by atoms with van der Waals surface area (Å²) in [6, 6.07) is 8.05. The highest BCUT2D eigenvalue weighted by atomic mass is 79.9. The van der Waals surface area contributed by atoms with Crippen molar-refractivity contribution in [3.05, 3.63) is 57.3 Å². The van der Waals surface area contributed by atoms with Crippen LogP contribution in [-0.2, 0) is 9.84 Å². The molecule has 9 heteroatoms. The third-order valence-corrected chi connectivity index (χ3v) is 8.32. The Bertz CT molecular complexity index is 1010. The Morgan fingerprint density at radius 2 is 2.00 bits per heavy atom. The van der Waals surface area contributed by atoms with E-state index in [9.17, 15) is 22.7 Å². The largest absolute Gasteiger partial charge is 0.396 e. The van der Waals surface area contributed by atoms with E-state index in [4.69, 9.17) is 11.6 Å². The van der Waals surface area contributed by atoms with Gasteiger partial charge in [-0.2, -0.15) is 0 Å². The van der Waals surface area contributed by atoms with Crippen LogP contribution in [0.15, 0.2) is 45.8 Å². The summed E-state index contributed by atoms with van der Waals surface area (Å²) in [5.41, 5.74) is 0.468. The molecular formula is C19H18BrClFNO4S. The van der Waals surface area contributed by atoms with E-state index in [0.717, 1.165) is 0 Å². The van der Waals surface area contributed by atoms with Crippen molar-refractivity contribution in [2.24, 2.45) is 5.92 Å². The third kappa shape index (κ3) is 4.25. The van der Waals surface area contributed by atoms with Crippen molar-refractivity contribution < 1.29 is 22.7 Å². The first-order valence-corrected chi connectivity index (χ1v) is 11.4. The minimum Gasteiger partial charge on any atom is -0.396 e. The molecular weight excluding hydrogens is 473 g/mol. The first-order chi connectivity index (χ1) is 13.2. The van der Waals surface area contributed by atoms with E-state index in [1.807, 2.05) is 0 Å². The number of sulfone groups is 1. The molecule has 3 rings (SSSR count). The van der Waals surface area contributed by atoms with Gasteiger partial charge in [0.25, 0.3) is 5.91 Å². The fraction of sp³-hybridized carbons (Fsp3) is 0.316. The van der Waals surface area contributed by atoms with Crippen molar-refractivity contribution in [2.45, 2.75) is 29.4 Å². The topological polar surface area (TPSA) is 83.5 Å². The number of benzene rings is 2. The Balaban J connectivity index is 1.90. The van der Waals surface area contributed by atoms with Gasteiger partial charge in [0.1, 0.15) is 5.82 Å². The second-order valence-electron chi connectivity index (χ2n) is 6.69. The standard InChI is InChI=1S/C19H18BrClFNO4S/c20-14-9-13(5-7-16(14)22)23-19(25)11-4-6-15(21)18(8-11)28(26,27)17-3-1-2-12(17)10-24/h4-9,12,17,24H,1-3,10H2,(H,23,25). The molecule has 1 fully saturated rings. The van der Waals surface area contributed by atoms with Crippen molar-refractivity contribution >= 4 is 49.0 Å². The van der Waals surface area contributed by atoms with E-state index in [-0.39, 0.29) is 32.5 Å². The van der Waals surface area contributed by atoms with Crippen LogP contribution in [0.4, 0.5) is 10.1 Å².